The maximum Gasteiger partial charge on any atom is 0.390 e. The first-order valence-corrected chi connectivity index (χ1v) is 7.73. The minimum Gasteiger partial charge on any atom is -0.374 e. The molecule has 128 valence electrons. The number of rotatable bonds is 4. The number of halogens is 3. The molecule has 0 bridgehead atoms. The highest BCUT2D eigenvalue weighted by Crippen LogP contribution is 2.26. The van der Waals surface area contributed by atoms with Gasteiger partial charge in [0.05, 0.1) is 6.42 Å². The third kappa shape index (κ3) is 5.33. The zero-order valence-corrected chi connectivity index (χ0v) is 13.5. The van der Waals surface area contributed by atoms with Crippen molar-refractivity contribution in [2.24, 2.45) is 4.99 Å². The van der Waals surface area contributed by atoms with E-state index in [0.717, 1.165) is 24.9 Å². The van der Waals surface area contributed by atoms with E-state index in [-0.39, 0.29) is 6.54 Å². The van der Waals surface area contributed by atoms with Crippen LogP contribution in [0.5, 0.6) is 0 Å². The molecule has 23 heavy (non-hydrogen) atoms. The first-order valence-electron chi connectivity index (χ1n) is 7.73. The van der Waals surface area contributed by atoms with Gasteiger partial charge in [-0.05, 0) is 30.0 Å². The number of guanidine groups is 1. The van der Waals surface area contributed by atoms with Crippen molar-refractivity contribution in [1.29, 1.82) is 0 Å². The number of aryl methyl sites for hydroxylation is 1. The van der Waals surface area contributed by atoms with Crippen molar-refractivity contribution < 1.29 is 13.2 Å². The molecule has 0 spiro atoms. The summed E-state index contributed by atoms with van der Waals surface area (Å²) in [6.45, 7) is 1.42. The summed E-state index contributed by atoms with van der Waals surface area (Å²) in [6.07, 6.45) is -2.83. The number of hydrogen-bond donors (Lipinski definition) is 2. The summed E-state index contributed by atoms with van der Waals surface area (Å²) in [7, 11) is 3.63. The molecule has 1 aliphatic heterocycles. The van der Waals surface area contributed by atoms with E-state index in [2.05, 4.69) is 39.7 Å². The molecular weight excluding hydrogens is 305 g/mol. The summed E-state index contributed by atoms with van der Waals surface area (Å²) in [5, 5.41) is 5.72. The van der Waals surface area contributed by atoms with E-state index in [0.29, 0.717) is 12.5 Å². The summed E-state index contributed by atoms with van der Waals surface area (Å²) in [6, 6.07) is 6.29. The fraction of sp³-hybridized carbons (Fsp3) is 0.562. The van der Waals surface area contributed by atoms with Gasteiger partial charge in [-0.25, -0.2) is 0 Å². The van der Waals surface area contributed by atoms with Crippen LogP contribution in [0.2, 0.25) is 0 Å². The molecule has 7 heteroatoms. The van der Waals surface area contributed by atoms with Crippen molar-refractivity contribution in [1.82, 2.24) is 10.6 Å². The lowest BCUT2D eigenvalue weighted by Crippen LogP contribution is -2.38. The maximum atomic E-state index is 12.1. The Morgan fingerprint density at radius 3 is 2.78 bits per heavy atom. The lowest BCUT2D eigenvalue weighted by Gasteiger charge is -2.28. The average molecular weight is 328 g/mol. The molecule has 0 saturated carbocycles. The summed E-state index contributed by atoms with van der Waals surface area (Å²) in [5.74, 6) is 0.379. The maximum absolute atomic E-state index is 12.1. The van der Waals surface area contributed by atoms with Crippen molar-refractivity contribution in [3.05, 3.63) is 29.3 Å². The molecule has 2 rings (SSSR count). The van der Waals surface area contributed by atoms with Crippen LogP contribution in [0.25, 0.3) is 0 Å². The quantitative estimate of drug-likeness (QED) is 0.659. The van der Waals surface area contributed by atoms with Gasteiger partial charge in [-0.15, -0.1) is 0 Å². The first kappa shape index (κ1) is 17.4. The molecular formula is C16H23F3N4. The van der Waals surface area contributed by atoms with Crippen LogP contribution in [0.1, 0.15) is 24.0 Å². The number of benzene rings is 1. The standard InChI is InChI=1S/C16H23F3N4/c1-20-15(21-8-7-16(17,18)19)22-11-12-5-6-14-13(10-12)4-3-9-23(14)2/h5-6,10H,3-4,7-9,11H2,1-2H3,(H2,20,21,22). The molecule has 1 aliphatic rings. The molecule has 1 aromatic carbocycles. The second-order valence-electron chi connectivity index (χ2n) is 5.71. The monoisotopic (exact) mass is 328 g/mol. The highest BCUT2D eigenvalue weighted by atomic mass is 19.4. The van der Waals surface area contributed by atoms with Crippen LogP contribution in [-0.2, 0) is 13.0 Å². The van der Waals surface area contributed by atoms with Crippen molar-refractivity contribution in [3.63, 3.8) is 0 Å². The number of nitrogens with zero attached hydrogens (tertiary/aromatic N) is 2. The van der Waals surface area contributed by atoms with Gasteiger partial charge in [0.25, 0.3) is 0 Å². The second kappa shape index (κ2) is 7.57. The van der Waals surface area contributed by atoms with E-state index >= 15 is 0 Å². The minimum absolute atomic E-state index is 0.182. The van der Waals surface area contributed by atoms with E-state index in [4.69, 9.17) is 0 Å². The lowest BCUT2D eigenvalue weighted by atomic mass is 9.99. The third-order valence-electron chi connectivity index (χ3n) is 3.88. The van der Waals surface area contributed by atoms with Gasteiger partial charge in [-0.1, -0.05) is 12.1 Å². The van der Waals surface area contributed by atoms with Gasteiger partial charge in [-0.3, -0.25) is 4.99 Å². The Hall–Kier alpha value is -1.92. The van der Waals surface area contributed by atoms with Crippen LogP contribution in [0.15, 0.2) is 23.2 Å². The number of anilines is 1. The molecule has 0 saturated heterocycles. The smallest absolute Gasteiger partial charge is 0.374 e. The zero-order valence-electron chi connectivity index (χ0n) is 13.5. The van der Waals surface area contributed by atoms with Crippen molar-refractivity contribution in [3.8, 4) is 0 Å². The van der Waals surface area contributed by atoms with Crippen LogP contribution >= 0.6 is 0 Å². The molecule has 0 aliphatic carbocycles. The summed E-state index contributed by atoms with van der Waals surface area (Å²) < 4.78 is 36.4. The predicted octanol–water partition coefficient (Wildman–Crippen LogP) is 2.69. The first-order chi connectivity index (χ1) is 10.9. The fourth-order valence-electron chi connectivity index (χ4n) is 2.68. The van der Waals surface area contributed by atoms with E-state index in [1.165, 1.54) is 11.3 Å². The summed E-state index contributed by atoms with van der Waals surface area (Å²) in [5.41, 5.74) is 3.67. The van der Waals surface area contributed by atoms with Gasteiger partial charge in [-0.2, -0.15) is 13.2 Å². The SMILES string of the molecule is CN=C(NCCC(F)(F)F)NCc1ccc2c(c1)CCCN2C. The van der Waals surface area contributed by atoms with E-state index in [9.17, 15) is 13.2 Å². The number of aliphatic imine (C=N–C) groups is 1. The molecule has 4 nitrogen and oxygen atoms in total. The largest absolute Gasteiger partial charge is 0.390 e. The average Bonchev–Trinajstić information content (AvgIpc) is 2.49. The number of nitrogens with one attached hydrogen (secondary N) is 2. The van der Waals surface area contributed by atoms with Crippen LogP contribution in [0, 0.1) is 0 Å². The van der Waals surface area contributed by atoms with E-state index < -0.39 is 12.6 Å². The highest BCUT2D eigenvalue weighted by Gasteiger charge is 2.26. The molecule has 0 amide bonds. The second-order valence-corrected chi connectivity index (χ2v) is 5.71. The van der Waals surface area contributed by atoms with E-state index in [1.54, 1.807) is 7.05 Å². The Kier molecular flexibility index (Phi) is 5.74. The molecule has 1 heterocycles. The molecule has 2 N–H and O–H groups in total. The van der Waals surface area contributed by atoms with Gasteiger partial charge in [0.1, 0.15) is 0 Å². The molecule has 0 unspecified atom stereocenters. The molecule has 0 atom stereocenters. The Morgan fingerprint density at radius 1 is 1.30 bits per heavy atom. The third-order valence-corrected chi connectivity index (χ3v) is 3.88. The van der Waals surface area contributed by atoms with Gasteiger partial charge < -0.3 is 15.5 Å². The van der Waals surface area contributed by atoms with Gasteiger partial charge in [0.15, 0.2) is 5.96 Å². The van der Waals surface area contributed by atoms with Crippen molar-refractivity contribution >= 4 is 11.6 Å². The van der Waals surface area contributed by atoms with E-state index in [1.807, 2.05) is 6.07 Å². The Bertz CT molecular complexity index is 555. The molecule has 0 radical (unpaired) electrons. The summed E-state index contributed by atoms with van der Waals surface area (Å²) >= 11 is 0. The normalized spacial score (nSPS) is 15.3. The Labute approximate surface area is 134 Å². The van der Waals surface area contributed by atoms with Crippen LogP contribution in [-0.4, -0.2) is 39.3 Å². The topological polar surface area (TPSA) is 39.7 Å². The lowest BCUT2D eigenvalue weighted by molar-refractivity contribution is -0.132. The molecule has 1 aromatic rings. The summed E-state index contributed by atoms with van der Waals surface area (Å²) in [4.78, 5) is 6.18. The molecule has 0 aromatic heterocycles. The van der Waals surface area contributed by atoms with Crippen LogP contribution in [0.4, 0.5) is 18.9 Å². The predicted molar refractivity (Wildman–Crippen MR) is 86.9 cm³/mol. The van der Waals surface area contributed by atoms with Crippen molar-refractivity contribution in [2.75, 3.05) is 32.1 Å². The van der Waals surface area contributed by atoms with Crippen LogP contribution < -0.4 is 15.5 Å². The fourth-order valence-corrected chi connectivity index (χ4v) is 2.68. The number of hydrogen-bond acceptors (Lipinski definition) is 2. The van der Waals surface area contributed by atoms with Gasteiger partial charge >= 0.3 is 6.18 Å². The Morgan fingerprint density at radius 2 is 2.09 bits per heavy atom. The zero-order chi connectivity index (χ0) is 16.9. The van der Waals surface area contributed by atoms with Crippen molar-refractivity contribution in [2.45, 2.75) is 32.0 Å². The van der Waals surface area contributed by atoms with Crippen LogP contribution in [0.3, 0.4) is 0 Å². The van der Waals surface area contributed by atoms with Gasteiger partial charge in [0.2, 0.25) is 0 Å². The number of fused-ring (bicyclic) bond motifs is 1. The minimum atomic E-state index is -4.16. The molecule has 0 fully saturated rings. The Balaban J connectivity index is 1.87. The highest BCUT2D eigenvalue weighted by molar-refractivity contribution is 5.79. The van der Waals surface area contributed by atoms with Gasteiger partial charge in [0, 0.05) is 39.4 Å². The number of alkyl halides is 3.